The zero-order chi connectivity index (χ0) is 28.4. The zero-order valence-corrected chi connectivity index (χ0v) is 23.6. The van der Waals surface area contributed by atoms with Gasteiger partial charge < -0.3 is 15.1 Å². The van der Waals surface area contributed by atoms with Gasteiger partial charge in [0.05, 0.1) is 22.3 Å². The van der Waals surface area contributed by atoms with Crippen molar-refractivity contribution in [3.05, 3.63) is 65.4 Å². The van der Waals surface area contributed by atoms with Gasteiger partial charge in [-0.15, -0.1) is 0 Å². The summed E-state index contributed by atoms with van der Waals surface area (Å²) in [5.74, 6) is -0.0728. The fraction of sp³-hybridized carbons (Fsp3) is 0.484. The summed E-state index contributed by atoms with van der Waals surface area (Å²) in [7, 11) is 0. The molecule has 0 fully saturated rings. The van der Waals surface area contributed by atoms with E-state index < -0.39 is 11.7 Å². The molecule has 2 aromatic carbocycles. The van der Waals surface area contributed by atoms with Gasteiger partial charge in [-0.05, 0) is 82.4 Å². The summed E-state index contributed by atoms with van der Waals surface area (Å²) >= 11 is 0. The van der Waals surface area contributed by atoms with Gasteiger partial charge in [-0.3, -0.25) is 9.78 Å². The number of halogens is 3. The summed E-state index contributed by atoms with van der Waals surface area (Å²) in [6, 6.07) is 11.2. The second-order valence-electron chi connectivity index (χ2n) is 10.0. The molecule has 0 aliphatic heterocycles. The van der Waals surface area contributed by atoms with Crippen LogP contribution in [0.25, 0.3) is 10.9 Å². The maximum atomic E-state index is 13.8. The Morgan fingerprint density at radius 3 is 2.21 bits per heavy atom. The average Bonchev–Trinajstić information content (AvgIpc) is 2.90. The summed E-state index contributed by atoms with van der Waals surface area (Å²) in [6.45, 7) is 12.9. The molecule has 1 N–H and O–H groups in total. The first-order valence-electron chi connectivity index (χ1n) is 14.0. The van der Waals surface area contributed by atoms with E-state index in [-0.39, 0.29) is 11.4 Å². The van der Waals surface area contributed by atoms with Crippen LogP contribution in [-0.2, 0) is 6.18 Å². The SMILES string of the molecule is CCCN(CCC)CCCCN(CCC)C(=O)c1cccc(C)c1Nc1ccnc2c(C(F)(F)F)cccc12. The second-order valence-corrected chi connectivity index (χ2v) is 10.0. The minimum absolute atomic E-state index is 0.0728. The Hall–Kier alpha value is -3.13. The van der Waals surface area contributed by atoms with Crippen LogP contribution >= 0.6 is 0 Å². The van der Waals surface area contributed by atoms with E-state index >= 15 is 0 Å². The number of fused-ring (bicyclic) bond motifs is 1. The molecule has 212 valence electrons. The lowest BCUT2D eigenvalue weighted by molar-refractivity contribution is -0.136. The quantitative estimate of drug-likeness (QED) is 0.209. The molecule has 0 radical (unpaired) electrons. The van der Waals surface area contributed by atoms with Gasteiger partial charge in [0.2, 0.25) is 0 Å². The van der Waals surface area contributed by atoms with Gasteiger partial charge in [0.1, 0.15) is 0 Å². The molecular weight excluding hydrogens is 501 g/mol. The topological polar surface area (TPSA) is 48.5 Å². The van der Waals surface area contributed by atoms with Gasteiger partial charge in [-0.1, -0.05) is 45.0 Å². The molecule has 0 bridgehead atoms. The molecule has 0 spiro atoms. The number of pyridine rings is 1. The number of aromatic nitrogens is 1. The number of para-hydroxylation sites is 2. The first kappa shape index (κ1) is 30.4. The van der Waals surface area contributed by atoms with Crippen LogP contribution in [-0.4, -0.2) is 53.4 Å². The van der Waals surface area contributed by atoms with Gasteiger partial charge in [0.15, 0.2) is 0 Å². The predicted molar refractivity (Wildman–Crippen MR) is 154 cm³/mol. The maximum Gasteiger partial charge on any atom is 0.418 e. The molecule has 0 saturated heterocycles. The van der Waals surface area contributed by atoms with Crippen molar-refractivity contribution in [2.24, 2.45) is 0 Å². The number of carbonyl (C=O) groups excluding carboxylic acids is 1. The van der Waals surface area contributed by atoms with Crippen molar-refractivity contribution in [2.45, 2.75) is 66.0 Å². The third-order valence-corrected chi connectivity index (χ3v) is 6.85. The standard InChI is InChI=1S/C31H41F3N4O/c1-5-18-37(19-6-2)21-8-9-22-38(20-7-3)30(39)25-14-10-12-23(4)28(25)36-27-16-17-35-29-24(27)13-11-15-26(29)31(32,33)34/h10-17H,5-9,18-22H2,1-4H3,(H,35,36). The summed E-state index contributed by atoms with van der Waals surface area (Å²) in [5, 5.41) is 3.64. The molecule has 3 rings (SSSR count). The Morgan fingerprint density at radius 2 is 1.54 bits per heavy atom. The van der Waals surface area contributed by atoms with E-state index in [9.17, 15) is 18.0 Å². The van der Waals surface area contributed by atoms with Crippen molar-refractivity contribution < 1.29 is 18.0 Å². The largest absolute Gasteiger partial charge is 0.418 e. The molecule has 39 heavy (non-hydrogen) atoms. The molecule has 5 nitrogen and oxygen atoms in total. The molecule has 3 aromatic rings. The van der Waals surface area contributed by atoms with Crippen LogP contribution < -0.4 is 5.32 Å². The van der Waals surface area contributed by atoms with E-state index in [1.807, 2.05) is 24.0 Å². The normalized spacial score (nSPS) is 11.8. The summed E-state index contributed by atoms with van der Waals surface area (Å²) < 4.78 is 40.8. The average molecular weight is 543 g/mol. The highest BCUT2D eigenvalue weighted by Crippen LogP contribution is 2.37. The molecule has 8 heteroatoms. The number of aryl methyl sites for hydroxylation is 1. The second kappa shape index (κ2) is 14.3. The van der Waals surface area contributed by atoms with Gasteiger partial charge in [0.25, 0.3) is 5.91 Å². The summed E-state index contributed by atoms with van der Waals surface area (Å²) in [6.07, 6.45) is 1.90. The van der Waals surface area contributed by atoms with Crippen molar-refractivity contribution in [1.29, 1.82) is 0 Å². The smallest absolute Gasteiger partial charge is 0.354 e. The Bertz CT molecular complexity index is 1220. The maximum absolute atomic E-state index is 13.8. The van der Waals surface area contributed by atoms with E-state index in [4.69, 9.17) is 0 Å². The van der Waals surface area contributed by atoms with Crippen molar-refractivity contribution in [2.75, 3.05) is 38.0 Å². The Morgan fingerprint density at radius 1 is 0.872 bits per heavy atom. The van der Waals surface area contributed by atoms with Gasteiger partial charge in [-0.25, -0.2) is 0 Å². The van der Waals surface area contributed by atoms with E-state index in [1.165, 1.54) is 12.3 Å². The number of nitrogens with zero attached hydrogens (tertiary/aromatic N) is 3. The molecule has 1 amide bonds. The van der Waals surface area contributed by atoms with Crippen LogP contribution in [0, 0.1) is 6.92 Å². The van der Waals surface area contributed by atoms with Crippen molar-refractivity contribution in [3.8, 4) is 0 Å². The Kier molecular flexibility index (Phi) is 11.2. The molecule has 0 unspecified atom stereocenters. The lowest BCUT2D eigenvalue weighted by Gasteiger charge is -2.26. The van der Waals surface area contributed by atoms with Gasteiger partial charge in [-0.2, -0.15) is 13.2 Å². The van der Waals surface area contributed by atoms with E-state index in [0.717, 1.165) is 63.4 Å². The number of hydrogen-bond acceptors (Lipinski definition) is 4. The van der Waals surface area contributed by atoms with E-state index in [2.05, 4.69) is 36.0 Å². The third kappa shape index (κ3) is 7.94. The molecule has 0 aliphatic rings. The molecule has 0 saturated carbocycles. The summed E-state index contributed by atoms with van der Waals surface area (Å²) in [5.41, 5.74) is 1.52. The van der Waals surface area contributed by atoms with Crippen molar-refractivity contribution in [1.82, 2.24) is 14.8 Å². The van der Waals surface area contributed by atoms with Crippen LogP contribution in [0.1, 0.15) is 74.4 Å². The molecular formula is C31H41F3N4O. The monoisotopic (exact) mass is 542 g/mol. The van der Waals surface area contributed by atoms with Crippen LogP contribution in [0.15, 0.2) is 48.7 Å². The number of nitrogens with one attached hydrogen (secondary N) is 1. The lowest BCUT2D eigenvalue weighted by Crippen LogP contribution is -2.34. The first-order valence-corrected chi connectivity index (χ1v) is 14.0. The van der Waals surface area contributed by atoms with Crippen molar-refractivity contribution >= 4 is 28.2 Å². The van der Waals surface area contributed by atoms with Gasteiger partial charge in [0, 0.05) is 30.4 Å². The number of amides is 1. The first-order chi connectivity index (χ1) is 18.7. The highest BCUT2D eigenvalue weighted by atomic mass is 19.4. The minimum atomic E-state index is -4.51. The molecule has 1 aromatic heterocycles. The van der Waals surface area contributed by atoms with Crippen LogP contribution in [0.2, 0.25) is 0 Å². The van der Waals surface area contributed by atoms with E-state index in [1.54, 1.807) is 18.2 Å². The number of benzene rings is 2. The van der Waals surface area contributed by atoms with Crippen LogP contribution in [0.5, 0.6) is 0 Å². The van der Waals surface area contributed by atoms with Crippen LogP contribution in [0.3, 0.4) is 0 Å². The fourth-order valence-electron chi connectivity index (χ4n) is 5.02. The number of unbranched alkanes of at least 4 members (excludes halogenated alkanes) is 1. The highest BCUT2D eigenvalue weighted by Gasteiger charge is 2.33. The molecule has 1 heterocycles. The Labute approximate surface area is 230 Å². The lowest BCUT2D eigenvalue weighted by atomic mass is 10.0. The molecule has 0 atom stereocenters. The number of anilines is 2. The fourth-order valence-corrected chi connectivity index (χ4v) is 5.02. The summed E-state index contributed by atoms with van der Waals surface area (Å²) in [4.78, 5) is 22.2. The number of carbonyl (C=O) groups is 1. The van der Waals surface area contributed by atoms with Crippen molar-refractivity contribution in [3.63, 3.8) is 0 Å². The predicted octanol–water partition coefficient (Wildman–Crippen LogP) is 8.06. The zero-order valence-electron chi connectivity index (χ0n) is 23.6. The minimum Gasteiger partial charge on any atom is -0.354 e. The third-order valence-electron chi connectivity index (χ3n) is 6.85. The van der Waals surface area contributed by atoms with E-state index in [0.29, 0.717) is 35.4 Å². The number of alkyl halides is 3. The highest BCUT2D eigenvalue weighted by molar-refractivity contribution is 6.03. The Balaban J connectivity index is 1.84. The van der Waals surface area contributed by atoms with Gasteiger partial charge >= 0.3 is 6.18 Å². The van der Waals surface area contributed by atoms with Crippen LogP contribution in [0.4, 0.5) is 24.5 Å². The number of hydrogen-bond donors (Lipinski definition) is 1. The molecule has 0 aliphatic carbocycles. The number of rotatable bonds is 14.